The van der Waals surface area contributed by atoms with Crippen LogP contribution in [-0.4, -0.2) is 5.78 Å². The summed E-state index contributed by atoms with van der Waals surface area (Å²) in [4.78, 5) is 11.1. The van der Waals surface area contributed by atoms with E-state index in [1.807, 2.05) is 18.2 Å². The molecule has 0 aliphatic heterocycles. The van der Waals surface area contributed by atoms with Crippen molar-refractivity contribution in [3.8, 4) is 24.3 Å². The first-order valence-electron chi connectivity index (χ1n) is 13.2. The van der Waals surface area contributed by atoms with Crippen LogP contribution >= 0.6 is 0 Å². The lowest BCUT2D eigenvalue weighted by molar-refractivity contribution is -0.115. The number of unbranched alkanes of at least 4 members (excludes halogenated alkanes) is 6. The first kappa shape index (κ1) is 31.9. The Balaban J connectivity index is 0.000000567. The molecule has 0 spiro atoms. The third-order valence-electron chi connectivity index (χ3n) is 6.01. The summed E-state index contributed by atoms with van der Waals surface area (Å²) in [6.07, 6.45) is 22.7. The van der Waals surface area contributed by atoms with Crippen molar-refractivity contribution in [1.82, 2.24) is 0 Å². The molecule has 0 aromatic rings. The summed E-state index contributed by atoms with van der Waals surface area (Å²) >= 11 is 0. The lowest BCUT2D eigenvalue weighted by atomic mass is 9.90. The predicted molar refractivity (Wildman–Crippen MR) is 140 cm³/mol. The number of nitrogens with zero attached hydrogens (tertiary/aromatic N) is 4. The highest BCUT2D eigenvalue weighted by molar-refractivity contribution is 5.91. The third-order valence-corrected chi connectivity index (χ3v) is 6.01. The molecule has 188 valence electrons. The smallest absolute Gasteiger partial charge is 0.155 e. The van der Waals surface area contributed by atoms with Crippen LogP contribution in [0.2, 0.25) is 0 Å². The van der Waals surface area contributed by atoms with Crippen LogP contribution in [0, 0.1) is 45.3 Å². The molecule has 0 radical (unpaired) electrons. The molecule has 0 bridgehead atoms. The Morgan fingerprint density at radius 1 is 0.714 bits per heavy atom. The zero-order valence-electron chi connectivity index (χ0n) is 21.9. The molecule has 0 amide bonds. The van der Waals surface area contributed by atoms with E-state index < -0.39 is 0 Å². The van der Waals surface area contributed by atoms with Crippen molar-refractivity contribution in [2.45, 2.75) is 123 Å². The highest BCUT2D eigenvalue weighted by Crippen LogP contribution is 2.27. The van der Waals surface area contributed by atoms with Gasteiger partial charge in [0.05, 0.1) is 12.1 Å². The van der Waals surface area contributed by atoms with Gasteiger partial charge in [0, 0.05) is 6.42 Å². The number of allylic oxidation sites excluding steroid dienone is 6. The topological polar surface area (TPSA) is 112 Å². The van der Waals surface area contributed by atoms with E-state index in [-0.39, 0.29) is 6.42 Å². The van der Waals surface area contributed by atoms with Crippen LogP contribution in [0.25, 0.3) is 0 Å². The highest BCUT2D eigenvalue weighted by atomic mass is 16.1. The second-order valence-electron chi connectivity index (χ2n) is 9.02. The Bertz CT molecular complexity index is 853. The quantitative estimate of drug-likeness (QED) is 0.233. The molecule has 2 aliphatic carbocycles. The zero-order chi connectivity index (χ0) is 26.2. The Labute approximate surface area is 213 Å². The molecular weight excluding hydrogens is 432 g/mol. The zero-order valence-corrected chi connectivity index (χ0v) is 21.9. The number of carbonyl (C=O) groups excluding carboxylic acids is 1. The maximum absolute atomic E-state index is 11.1. The van der Waals surface area contributed by atoms with Crippen molar-refractivity contribution < 1.29 is 4.79 Å². The Morgan fingerprint density at radius 3 is 1.66 bits per heavy atom. The average molecular weight is 475 g/mol. The minimum absolute atomic E-state index is 0. The SMILES string of the molecule is CCCCCCC1=CC(=C(C#N)C#N)CCC1.CCCCCCC1=CC(=O)CCC1.N#CCC#N. The molecule has 35 heavy (non-hydrogen) atoms. The van der Waals surface area contributed by atoms with Crippen molar-refractivity contribution in [2.75, 3.05) is 0 Å². The van der Waals surface area contributed by atoms with E-state index in [4.69, 9.17) is 21.0 Å². The first-order chi connectivity index (χ1) is 17.1. The lowest BCUT2D eigenvalue weighted by Crippen LogP contribution is -2.02. The molecule has 0 aromatic heterocycles. The van der Waals surface area contributed by atoms with Gasteiger partial charge in [0.25, 0.3) is 0 Å². The molecule has 0 atom stereocenters. The second kappa shape index (κ2) is 22.6. The molecule has 0 heterocycles. The Kier molecular flexibility index (Phi) is 20.6. The Morgan fingerprint density at radius 2 is 1.23 bits per heavy atom. The van der Waals surface area contributed by atoms with E-state index in [2.05, 4.69) is 19.9 Å². The van der Waals surface area contributed by atoms with Crippen molar-refractivity contribution >= 4 is 5.78 Å². The van der Waals surface area contributed by atoms with Crippen LogP contribution < -0.4 is 0 Å². The minimum atomic E-state index is 0. The van der Waals surface area contributed by atoms with Gasteiger partial charge in [-0.1, -0.05) is 69.6 Å². The number of carbonyl (C=O) groups is 1. The lowest BCUT2D eigenvalue weighted by Gasteiger charge is -2.15. The molecule has 0 fully saturated rings. The fourth-order valence-corrected chi connectivity index (χ4v) is 4.11. The van der Waals surface area contributed by atoms with Crippen LogP contribution in [0.15, 0.2) is 34.4 Å². The van der Waals surface area contributed by atoms with Crippen LogP contribution in [-0.2, 0) is 4.79 Å². The maximum Gasteiger partial charge on any atom is 0.155 e. The molecule has 5 heteroatoms. The average Bonchev–Trinajstić information content (AvgIpc) is 2.87. The molecule has 2 rings (SSSR count). The number of hydrogen-bond acceptors (Lipinski definition) is 5. The van der Waals surface area contributed by atoms with E-state index in [0.717, 1.165) is 56.9 Å². The van der Waals surface area contributed by atoms with E-state index in [9.17, 15) is 4.79 Å². The van der Waals surface area contributed by atoms with E-state index in [1.54, 1.807) is 12.1 Å². The Hall–Kier alpha value is -3.15. The van der Waals surface area contributed by atoms with Crippen LogP contribution in [0.1, 0.15) is 123 Å². The maximum atomic E-state index is 11.1. The van der Waals surface area contributed by atoms with Gasteiger partial charge in [0.15, 0.2) is 5.78 Å². The summed E-state index contributed by atoms with van der Waals surface area (Å²) in [6.45, 7) is 4.44. The largest absolute Gasteiger partial charge is 0.295 e. The number of rotatable bonds is 10. The summed E-state index contributed by atoms with van der Waals surface area (Å²) in [5, 5.41) is 32.9. The molecular formula is C30H42N4O. The van der Waals surface area contributed by atoms with E-state index in [0.29, 0.717) is 11.4 Å². The van der Waals surface area contributed by atoms with E-state index in [1.165, 1.54) is 62.5 Å². The monoisotopic (exact) mass is 474 g/mol. The summed E-state index contributed by atoms with van der Waals surface area (Å²) in [6, 6.07) is 7.30. The van der Waals surface area contributed by atoms with Gasteiger partial charge in [-0.25, -0.2) is 0 Å². The number of ketones is 1. The normalized spacial score (nSPS) is 14.2. The van der Waals surface area contributed by atoms with Crippen LogP contribution in [0.3, 0.4) is 0 Å². The van der Waals surface area contributed by atoms with Gasteiger partial charge in [-0.3, -0.25) is 4.79 Å². The number of nitriles is 4. The van der Waals surface area contributed by atoms with Gasteiger partial charge in [-0.2, -0.15) is 21.0 Å². The van der Waals surface area contributed by atoms with Gasteiger partial charge >= 0.3 is 0 Å². The summed E-state index contributed by atoms with van der Waals surface area (Å²) in [7, 11) is 0. The first-order valence-corrected chi connectivity index (χ1v) is 13.2. The van der Waals surface area contributed by atoms with Crippen molar-refractivity contribution in [1.29, 1.82) is 21.0 Å². The molecule has 0 unspecified atom stereocenters. The minimum Gasteiger partial charge on any atom is -0.295 e. The van der Waals surface area contributed by atoms with E-state index >= 15 is 0 Å². The van der Waals surface area contributed by atoms with Gasteiger partial charge in [-0.15, -0.1) is 0 Å². The van der Waals surface area contributed by atoms with Gasteiger partial charge < -0.3 is 0 Å². The molecule has 5 nitrogen and oxygen atoms in total. The molecule has 0 N–H and O–H groups in total. The fraction of sp³-hybridized carbons (Fsp3) is 0.633. The second-order valence-corrected chi connectivity index (χ2v) is 9.02. The van der Waals surface area contributed by atoms with Crippen molar-refractivity contribution in [3.05, 3.63) is 34.4 Å². The summed E-state index contributed by atoms with van der Waals surface area (Å²) in [5.41, 5.74) is 4.07. The fourth-order valence-electron chi connectivity index (χ4n) is 4.11. The summed E-state index contributed by atoms with van der Waals surface area (Å²) < 4.78 is 0. The third kappa shape index (κ3) is 17.0. The van der Waals surface area contributed by atoms with Gasteiger partial charge in [0.2, 0.25) is 0 Å². The van der Waals surface area contributed by atoms with Crippen molar-refractivity contribution in [3.63, 3.8) is 0 Å². The van der Waals surface area contributed by atoms with Gasteiger partial charge in [-0.05, 0) is 69.4 Å². The predicted octanol–water partition coefficient (Wildman–Crippen LogP) is 8.47. The number of hydrogen-bond donors (Lipinski definition) is 0. The summed E-state index contributed by atoms with van der Waals surface area (Å²) in [5.74, 6) is 0.344. The van der Waals surface area contributed by atoms with Gasteiger partial charge in [0.1, 0.15) is 24.1 Å². The molecule has 0 saturated heterocycles. The standard InChI is InChI=1S/C15H20N2.C12H20O.C3H2N2/c1-2-3-4-5-7-13-8-6-9-14(10-13)15(11-16)12-17;1-2-3-4-5-7-11-8-6-9-12(13)10-11;4-2-1-3-5/h10H,2-9H2,1H3;10H,2-9H2,1H3;1H2. The highest BCUT2D eigenvalue weighted by Gasteiger charge is 2.11. The van der Waals surface area contributed by atoms with Crippen LogP contribution in [0.4, 0.5) is 0 Å². The molecule has 0 aromatic carbocycles. The van der Waals surface area contributed by atoms with Crippen LogP contribution in [0.5, 0.6) is 0 Å². The molecule has 0 saturated carbocycles. The van der Waals surface area contributed by atoms with Crippen molar-refractivity contribution in [2.24, 2.45) is 0 Å². The molecule has 2 aliphatic rings.